The van der Waals surface area contributed by atoms with Crippen molar-refractivity contribution >= 4 is 34.9 Å². The molecule has 0 amide bonds. The van der Waals surface area contributed by atoms with Gasteiger partial charge in [-0.05, 0) is 35.7 Å². The fourth-order valence-corrected chi connectivity index (χ4v) is 2.60. The minimum absolute atomic E-state index is 0.0369. The van der Waals surface area contributed by atoms with E-state index in [1.54, 1.807) is 24.3 Å². The molecule has 0 heterocycles. The molecule has 0 fully saturated rings. The molecule has 5 N–H and O–H groups in total. The lowest BCUT2D eigenvalue weighted by Gasteiger charge is -2.15. The lowest BCUT2D eigenvalue weighted by Crippen LogP contribution is -2.14. The number of carboxylic acids is 1. The molecule has 0 aliphatic heterocycles. The normalized spacial score (nSPS) is 12.1. The number of carbonyl (C=O) groups is 1. The molecule has 0 saturated heterocycles. The number of halogens is 2. The fraction of sp³-hybridized carbons (Fsp3) is 0.133. The number of carboxylic acid groups (broad SMARTS) is 1. The Morgan fingerprint density at radius 1 is 1.14 bits per heavy atom. The Bertz CT molecular complexity index is 716. The second-order valence-electron chi connectivity index (χ2n) is 4.79. The summed E-state index contributed by atoms with van der Waals surface area (Å²) in [6.07, 6.45) is -0.0369. The van der Waals surface area contributed by atoms with Gasteiger partial charge in [0.25, 0.3) is 0 Å². The van der Waals surface area contributed by atoms with Crippen LogP contribution in [0.2, 0.25) is 10.0 Å². The second kappa shape index (κ2) is 6.34. The molecule has 2 aromatic rings. The first-order chi connectivity index (χ1) is 10.3. The van der Waals surface area contributed by atoms with Gasteiger partial charge in [0, 0.05) is 5.69 Å². The van der Waals surface area contributed by atoms with E-state index in [-0.39, 0.29) is 27.8 Å². The van der Waals surface area contributed by atoms with Gasteiger partial charge in [0.15, 0.2) is 5.75 Å². The maximum Gasteiger partial charge on any atom is 0.311 e. The number of hydrogen-bond acceptors (Lipinski definition) is 4. The third-order valence-corrected chi connectivity index (χ3v) is 3.95. The summed E-state index contributed by atoms with van der Waals surface area (Å²) in [7, 11) is 0. The summed E-state index contributed by atoms with van der Waals surface area (Å²) in [5.41, 5.74) is 6.87. The molecule has 22 heavy (non-hydrogen) atoms. The highest BCUT2D eigenvalue weighted by molar-refractivity contribution is 6.38. The van der Waals surface area contributed by atoms with Gasteiger partial charge in [-0.15, -0.1) is 0 Å². The van der Waals surface area contributed by atoms with Crippen LogP contribution in [-0.4, -0.2) is 21.3 Å². The van der Waals surface area contributed by atoms with Gasteiger partial charge in [-0.2, -0.15) is 0 Å². The molecule has 0 bridgehead atoms. The third-order valence-electron chi connectivity index (χ3n) is 3.31. The zero-order valence-corrected chi connectivity index (χ0v) is 12.8. The zero-order chi connectivity index (χ0) is 16.4. The summed E-state index contributed by atoms with van der Waals surface area (Å²) in [6, 6.07) is 7.71. The Morgan fingerprint density at radius 2 is 1.73 bits per heavy atom. The maximum absolute atomic E-state index is 11.5. The number of aliphatic carboxylic acids is 1. The molecule has 1 unspecified atom stereocenters. The molecule has 2 aromatic carbocycles. The van der Waals surface area contributed by atoms with Crippen LogP contribution >= 0.6 is 23.2 Å². The molecule has 0 aliphatic rings. The van der Waals surface area contributed by atoms with Gasteiger partial charge in [0.2, 0.25) is 0 Å². The molecule has 7 heteroatoms. The van der Waals surface area contributed by atoms with Crippen molar-refractivity contribution in [3.63, 3.8) is 0 Å². The fourth-order valence-electron chi connectivity index (χ4n) is 2.10. The Balaban J connectivity index is 2.41. The first-order valence-electron chi connectivity index (χ1n) is 6.28. The van der Waals surface area contributed by atoms with Gasteiger partial charge in [0.05, 0.1) is 10.9 Å². The monoisotopic (exact) mass is 341 g/mol. The van der Waals surface area contributed by atoms with Crippen LogP contribution in [0.1, 0.15) is 17.0 Å². The number of anilines is 1. The van der Waals surface area contributed by atoms with Gasteiger partial charge in [-0.1, -0.05) is 35.3 Å². The van der Waals surface area contributed by atoms with Crippen molar-refractivity contribution in [3.8, 4) is 11.5 Å². The predicted octanol–water partition coefficient (Wildman–Crippen LogP) is 3.40. The minimum atomic E-state index is -1.07. The quantitative estimate of drug-likeness (QED) is 0.638. The lowest BCUT2D eigenvalue weighted by molar-refractivity contribution is -0.138. The van der Waals surface area contributed by atoms with Crippen molar-refractivity contribution in [3.05, 3.63) is 51.5 Å². The van der Waals surface area contributed by atoms with E-state index in [2.05, 4.69) is 0 Å². The zero-order valence-electron chi connectivity index (χ0n) is 11.3. The van der Waals surface area contributed by atoms with Gasteiger partial charge < -0.3 is 21.1 Å². The van der Waals surface area contributed by atoms with E-state index in [1.165, 1.54) is 6.07 Å². The molecule has 0 spiro atoms. The van der Waals surface area contributed by atoms with Crippen molar-refractivity contribution in [2.45, 2.75) is 12.3 Å². The van der Waals surface area contributed by atoms with Gasteiger partial charge in [0.1, 0.15) is 10.8 Å². The molecule has 5 nitrogen and oxygen atoms in total. The van der Waals surface area contributed by atoms with E-state index in [4.69, 9.17) is 28.9 Å². The highest BCUT2D eigenvalue weighted by Crippen LogP contribution is 2.42. The van der Waals surface area contributed by atoms with Crippen molar-refractivity contribution < 1.29 is 20.1 Å². The third kappa shape index (κ3) is 3.21. The van der Waals surface area contributed by atoms with Crippen LogP contribution in [0.15, 0.2) is 30.3 Å². The van der Waals surface area contributed by atoms with E-state index in [0.29, 0.717) is 11.3 Å². The standard InChI is InChI=1S/C15H13Cl2NO4/c16-11-6-8(13(19)12(17)14(11)20)5-10(15(21)22)7-1-3-9(18)4-2-7/h1-4,6,10,19-20H,5,18H2,(H,21,22). The van der Waals surface area contributed by atoms with Gasteiger partial charge >= 0.3 is 5.97 Å². The smallest absolute Gasteiger partial charge is 0.311 e. The van der Waals surface area contributed by atoms with Gasteiger partial charge in [-0.25, -0.2) is 0 Å². The van der Waals surface area contributed by atoms with E-state index in [0.717, 1.165) is 0 Å². The highest BCUT2D eigenvalue weighted by atomic mass is 35.5. The van der Waals surface area contributed by atoms with Crippen LogP contribution in [0.3, 0.4) is 0 Å². The average molecular weight is 342 g/mol. The topological polar surface area (TPSA) is 104 Å². The molecule has 1 atom stereocenters. The lowest BCUT2D eigenvalue weighted by atomic mass is 9.91. The van der Waals surface area contributed by atoms with E-state index < -0.39 is 17.6 Å². The minimum Gasteiger partial charge on any atom is -0.506 e. The van der Waals surface area contributed by atoms with Crippen molar-refractivity contribution in [1.29, 1.82) is 0 Å². The Kier molecular flexibility index (Phi) is 4.68. The summed E-state index contributed by atoms with van der Waals surface area (Å²) in [6.45, 7) is 0. The van der Waals surface area contributed by atoms with Crippen LogP contribution in [0, 0.1) is 0 Å². The molecule has 0 saturated carbocycles. The predicted molar refractivity (Wildman–Crippen MR) is 84.7 cm³/mol. The van der Waals surface area contributed by atoms with Crippen LogP contribution in [0.5, 0.6) is 11.5 Å². The molecule has 2 rings (SSSR count). The summed E-state index contributed by atoms with van der Waals surface area (Å²) in [5, 5.41) is 28.6. The van der Waals surface area contributed by atoms with Crippen LogP contribution in [0.4, 0.5) is 5.69 Å². The van der Waals surface area contributed by atoms with Crippen molar-refractivity contribution in [1.82, 2.24) is 0 Å². The molecule has 0 aromatic heterocycles. The number of aromatic hydroxyl groups is 2. The number of nitrogens with two attached hydrogens (primary N) is 1. The van der Waals surface area contributed by atoms with Crippen LogP contribution in [-0.2, 0) is 11.2 Å². The van der Waals surface area contributed by atoms with Crippen LogP contribution < -0.4 is 5.73 Å². The number of phenolic OH excluding ortho intramolecular Hbond substituents is 2. The number of benzene rings is 2. The highest BCUT2D eigenvalue weighted by Gasteiger charge is 2.24. The van der Waals surface area contributed by atoms with Crippen molar-refractivity contribution in [2.24, 2.45) is 0 Å². The summed E-state index contributed by atoms with van der Waals surface area (Å²) < 4.78 is 0. The Hall–Kier alpha value is -2.11. The molecular weight excluding hydrogens is 329 g/mol. The molecule has 0 radical (unpaired) electrons. The number of nitrogen functional groups attached to an aromatic ring is 1. The Morgan fingerprint density at radius 3 is 2.27 bits per heavy atom. The Labute approximate surface area is 136 Å². The van der Waals surface area contributed by atoms with Crippen LogP contribution in [0.25, 0.3) is 0 Å². The SMILES string of the molecule is Nc1ccc(C(Cc2cc(Cl)c(O)c(Cl)c2O)C(=O)O)cc1. The summed E-state index contributed by atoms with van der Waals surface area (Å²) in [4.78, 5) is 11.5. The molecule has 0 aliphatic carbocycles. The van der Waals surface area contributed by atoms with Gasteiger partial charge in [-0.3, -0.25) is 4.79 Å². The summed E-state index contributed by atoms with van der Waals surface area (Å²) >= 11 is 11.6. The number of hydrogen-bond donors (Lipinski definition) is 4. The van der Waals surface area contributed by atoms with E-state index in [1.807, 2.05) is 0 Å². The largest absolute Gasteiger partial charge is 0.506 e. The van der Waals surface area contributed by atoms with E-state index >= 15 is 0 Å². The summed E-state index contributed by atoms with van der Waals surface area (Å²) in [5.74, 6) is -2.80. The van der Waals surface area contributed by atoms with E-state index in [9.17, 15) is 20.1 Å². The molecule has 116 valence electrons. The average Bonchev–Trinajstić information content (AvgIpc) is 2.48. The molecular formula is C15H13Cl2NO4. The first-order valence-corrected chi connectivity index (χ1v) is 7.04. The number of rotatable bonds is 4. The first kappa shape index (κ1) is 16.3. The second-order valence-corrected chi connectivity index (χ2v) is 5.58. The van der Waals surface area contributed by atoms with Crippen molar-refractivity contribution in [2.75, 3.05) is 5.73 Å². The number of phenols is 2. The maximum atomic E-state index is 11.5.